The molecular weight excluding hydrogens is 248 g/mol. The molecular formula is C14H21ClN2O. The van der Waals surface area contributed by atoms with Gasteiger partial charge in [0.2, 0.25) is 0 Å². The molecule has 0 fully saturated rings. The van der Waals surface area contributed by atoms with E-state index in [2.05, 4.69) is 25.2 Å². The van der Waals surface area contributed by atoms with E-state index in [1.807, 2.05) is 24.1 Å². The topological polar surface area (TPSA) is 32.3 Å². The zero-order valence-electron chi connectivity index (χ0n) is 11.2. The van der Waals surface area contributed by atoms with Gasteiger partial charge in [-0.2, -0.15) is 0 Å². The van der Waals surface area contributed by atoms with Crippen LogP contribution in [0.5, 0.6) is 0 Å². The Morgan fingerprint density at radius 2 is 2.06 bits per heavy atom. The van der Waals surface area contributed by atoms with Crippen LogP contribution >= 0.6 is 12.4 Å². The monoisotopic (exact) mass is 268 g/mol. The summed E-state index contributed by atoms with van der Waals surface area (Å²) < 4.78 is 0. The normalized spacial score (nSPS) is 14.6. The summed E-state index contributed by atoms with van der Waals surface area (Å²) in [6.07, 6.45) is 0.981. The third-order valence-corrected chi connectivity index (χ3v) is 3.66. The summed E-state index contributed by atoms with van der Waals surface area (Å²) in [5, 5.41) is 3.29. The van der Waals surface area contributed by atoms with Crippen molar-refractivity contribution in [3.8, 4) is 0 Å². The van der Waals surface area contributed by atoms with E-state index in [0.717, 1.165) is 25.1 Å². The molecule has 1 aliphatic rings. The molecule has 1 N–H and O–H groups in total. The summed E-state index contributed by atoms with van der Waals surface area (Å²) in [5.74, 6) is 0.119. The van der Waals surface area contributed by atoms with Gasteiger partial charge in [0.05, 0.1) is 0 Å². The highest BCUT2D eigenvalue weighted by Crippen LogP contribution is 2.18. The number of nitrogens with zero attached hydrogens (tertiary/aromatic N) is 1. The number of carbonyl (C=O) groups is 1. The molecule has 0 aromatic heterocycles. The van der Waals surface area contributed by atoms with Crippen molar-refractivity contribution < 1.29 is 4.79 Å². The maximum Gasteiger partial charge on any atom is 0.253 e. The number of carbonyl (C=O) groups excluding carboxylic acids is 1. The van der Waals surface area contributed by atoms with Gasteiger partial charge in [0.25, 0.3) is 5.91 Å². The van der Waals surface area contributed by atoms with Crippen LogP contribution in [0.3, 0.4) is 0 Å². The summed E-state index contributed by atoms with van der Waals surface area (Å²) in [5.41, 5.74) is 3.37. The van der Waals surface area contributed by atoms with Crippen LogP contribution in [0.4, 0.5) is 0 Å². The molecule has 1 atom stereocenters. The summed E-state index contributed by atoms with van der Waals surface area (Å²) in [4.78, 5) is 14.1. The quantitative estimate of drug-likeness (QED) is 0.914. The molecule has 1 heterocycles. The first-order chi connectivity index (χ1) is 8.13. The van der Waals surface area contributed by atoms with E-state index in [1.165, 1.54) is 11.1 Å². The van der Waals surface area contributed by atoms with Crippen LogP contribution in [-0.4, -0.2) is 23.9 Å². The highest BCUT2D eigenvalue weighted by atomic mass is 35.5. The molecule has 0 saturated heterocycles. The summed E-state index contributed by atoms with van der Waals surface area (Å²) in [6, 6.07) is 6.31. The minimum absolute atomic E-state index is 0. The van der Waals surface area contributed by atoms with E-state index < -0.39 is 0 Å². The second-order valence-electron chi connectivity index (χ2n) is 4.76. The Hall–Kier alpha value is -1.06. The van der Waals surface area contributed by atoms with Crippen molar-refractivity contribution in [2.45, 2.75) is 39.4 Å². The number of rotatable bonds is 3. The predicted molar refractivity (Wildman–Crippen MR) is 76.1 cm³/mol. The molecule has 3 nitrogen and oxygen atoms in total. The van der Waals surface area contributed by atoms with Crippen molar-refractivity contribution in [3.05, 3.63) is 34.9 Å². The van der Waals surface area contributed by atoms with Crippen molar-refractivity contribution in [3.63, 3.8) is 0 Å². The first-order valence-corrected chi connectivity index (χ1v) is 6.23. The van der Waals surface area contributed by atoms with E-state index in [1.54, 1.807) is 0 Å². The third kappa shape index (κ3) is 2.85. The Morgan fingerprint density at radius 1 is 1.39 bits per heavy atom. The van der Waals surface area contributed by atoms with Gasteiger partial charge in [-0.15, -0.1) is 12.4 Å². The highest BCUT2D eigenvalue weighted by Gasteiger charge is 2.18. The summed E-state index contributed by atoms with van der Waals surface area (Å²) >= 11 is 0. The average molecular weight is 269 g/mol. The molecule has 100 valence electrons. The molecule has 0 bridgehead atoms. The van der Waals surface area contributed by atoms with Crippen molar-refractivity contribution in [1.29, 1.82) is 0 Å². The molecule has 1 aromatic rings. The average Bonchev–Trinajstić information content (AvgIpc) is 2.83. The van der Waals surface area contributed by atoms with E-state index in [4.69, 9.17) is 0 Å². The van der Waals surface area contributed by atoms with Gasteiger partial charge in [-0.05, 0) is 36.6 Å². The largest absolute Gasteiger partial charge is 0.339 e. The molecule has 1 aromatic carbocycles. The van der Waals surface area contributed by atoms with E-state index in [-0.39, 0.29) is 24.4 Å². The third-order valence-electron chi connectivity index (χ3n) is 3.66. The minimum atomic E-state index is 0. The van der Waals surface area contributed by atoms with Crippen LogP contribution in [0.15, 0.2) is 18.2 Å². The van der Waals surface area contributed by atoms with Gasteiger partial charge in [0.15, 0.2) is 0 Å². The van der Waals surface area contributed by atoms with Crippen LogP contribution < -0.4 is 5.32 Å². The van der Waals surface area contributed by atoms with Crippen molar-refractivity contribution in [1.82, 2.24) is 10.2 Å². The molecule has 18 heavy (non-hydrogen) atoms. The number of halogens is 1. The van der Waals surface area contributed by atoms with Crippen molar-refractivity contribution in [2.24, 2.45) is 0 Å². The van der Waals surface area contributed by atoms with Gasteiger partial charge in [0.1, 0.15) is 0 Å². The zero-order valence-corrected chi connectivity index (χ0v) is 12.0. The van der Waals surface area contributed by atoms with Gasteiger partial charge < -0.3 is 10.2 Å². The zero-order chi connectivity index (χ0) is 12.4. The van der Waals surface area contributed by atoms with Crippen LogP contribution in [0.1, 0.15) is 41.8 Å². The molecule has 1 amide bonds. The minimum Gasteiger partial charge on any atom is -0.339 e. The van der Waals surface area contributed by atoms with Crippen LogP contribution in [0, 0.1) is 0 Å². The molecule has 0 radical (unpaired) electrons. The van der Waals surface area contributed by atoms with E-state index in [0.29, 0.717) is 0 Å². The lowest BCUT2D eigenvalue weighted by molar-refractivity contribution is 0.0740. The first kappa shape index (κ1) is 15.0. The second kappa shape index (κ2) is 6.21. The Kier molecular flexibility index (Phi) is 5.17. The maximum atomic E-state index is 12.3. The van der Waals surface area contributed by atoms with Gasteiger partial charge in [0, 0.05) is 31.7 Å². The molecule has 0 aliphatic carbocycles. The van der Waals surface area contributed by atoms with E-state index >= 15 is 0 Å². The predicted octanol–water partition coefficient (Wildman–Crippen LogP) is 2.58. The smallest absolute Gasteiger partial charge is 0.253 e. The standard InChI is InChI=1S/C14H20N2O.ClH/c1-4-10(2)16(3)14(17)11-5-6-12-8-15-9-13(12)7-11;/h5-7,10,15H,4,8-9H2,1-3H3;1H. The Labute approximate surface area is 115 Å². The lowest BCUT2D eigenvalue weighted by Gasteiger charge is -2.24. The van der Waals surface area contributed by atoms with E-state index in [9.17, 15) is 4.79 Å². The van der Waals surface area contributed by atoms with Gasteiger partial charge in [-0.25, -0.2) is 0 Å². The van der Waals surface area contributed by atoms with Crippen LogP contribution in [-0.2, 0) is 13.1 Å². The second-order valence-corrected chi connectivity index (χ2v) is 4.76. The highest BCUT2D eigenvalue weighted by molar-refractivity contribution is 5.94. The summed E-state index contributed by atoms with van der Waals surface area (Å²) in [7, 11) is 1.88. The molecule has 1 unspecified atom stereocenters. The number of benzene rings is 1. The molecule has 0 spiro atoms. The Morgan fingerprint density at radius 3 is 2.72 bits per heavy atom. The number of hydrogen-bond donors (Lipinski definition) is 1. The SMILES string of the molecule is CCC(C)N(C)C(=O)c1ccc2c(c1)CNC2.Cl. The van der Waals surface area contributed by atoms with Gasteiger partial charge >= 0.3 is 0 Å². The Bertz CT molecular complexity index is 434. The number of hydrogen-bond acceptors (Lipinski definition) is 2. The fourth-order valence-electron chi connectivity index (χ4n) is 2.11. The van der Waals surface area contributed by atoms with Gasteiger partial charge in [-0.1, -0.05) is 13.0 Å². The fraction of sp³-hybridized carbons (Fsp3) is 0.500. The van der Waals surface area contributed by atoms with Crippen molar-refractivity contribution in [2.75, 3.05) is 7.05 Å². The number of fused-ring (bicyclic) bond motifs is 1. The van der Waals surface area contributed by atoms with Gasteiger partial charge in [-0.3, -0.25) is 4.79 Å². The fourth-order valence-corrected chi connectivity index (χ4v) is 2.11. The number of amides is 1. The summed E-state index contributed by atoms with van der Waals surface area (Å²) in [6.45, 7) is 5.97. The van der Waals surface area contributed by atoms with Crippen LogP contribution in [0.25, 0.3) is 0 Å². The first-order valence-electron chi connectivity index (χ1n) is 6.23. The van der Waals surface area contributed by atoms with Crippen molar-refractivity contribution >= 4 is 18.3 Å². The Balaban J connectivity index is 0.00000162. The molecule has 1 aliphatic heterocycles. The molecule has 2 rings (SSSR count). The molecule has 0 saturated carbocycles. The van der Waals surface area contributed by atoms with Crippen LogP contribution in [0.2, 0.25) is 0 Å². The lowest BCUT2D eigenvalue weighted by atomic mass is 10.1. The number of nitrogens with one attached hydrogen (secondary N) is 1. The lowest BCUT2D eigenvalue weighted by Crippen LogP contribution is -2.34. The maximum absolute atomic E-state index is 12.3. The molecule has 4 heteroatoms.